The average Bonchev–Trinajstić information content (AvgIpc) is 0.800. The molecule has 10 aromatic rings. The first-order valence-electron chi connectivity index (χ1n) is 50.5. The molecule has 2 unspecified atom stereocenters. The monoisotopic (exact) mass is 2360 g/mol. The Balaban J connectivity index is 0.000000286. The summed E-state index contributed by atoms with van der Waals surface area (Å²) in [5, 5.41) is 4.99. The Labute approximate surface area is 970 Å². The fourth-order valence-electron chi connectivity index (χ4n) is 15.2. The predicted octanol–water partition coefficient (Wildman–Crippen LogP) is 36.2. The van der Waals surface area contributed by atoms with Gasteiger partial charge in [0.1, 0.15) is 28.7 Å². The van der Waals surface area contributed by atoms with Crippen molar-refractivity contribution in [3.8, 4) is 57.5 Å². The molecule has 0 bridgehead atoms. The molecule has 150 heavy (non-hydrogen) atoms. The third-order valence-corrected chi connectivity index (χ3v) is 30.7. The zero-order valence-electron chi connectivity index (χ0n) is 91.5. The molecule has 0 fully saturated rings. The van der Waals surface area contributed by atoms with Crippen molar-refractivity contribution in [2.75, 3.05) is 164 Å². The van der Waals surface area contributed by atoms with Gasteiger partial charge < -0.3 is 71.1 Å². The molecule has 10 aromatic carbocycles. The van der Waals surface area contributed by atoms with E-state index in [1.165, 1.54) is 0 Å². The summed E-state index contributed by atoms with van der Waals surface area (Å²) in [6.45, 7) is 50.8. The first-order chi connectivity index (χ1) is 70.9. The summed E-state index contributed by atoms with van der Waals surface area (Å²) in [4.78, 5) is 0. The van der Waals surface area contributed by atoms with Gasteiger partial charge in [0.25, 0.3) is 0 Å². The molecule has 10 atom stereocenters. The second kappa shape index (κ2) is 66.3. The molecule has 0 amide bonds. The van der Waals surface area contributed by atoms with Crippen LogP contribution >= 0.6 is 174 Å². The third kappa shape index (κ3) is 42.3. The van der Waals surface area contributed by atoms with Crippen molar-refractivity contribution in [1.29, 1.82) is 0 Å². The van der Waals surface area contributed by atoms with Gasteiger partial charge in [0.2, 0.25) is 0 Å². The molecule has 830 valence electrons. The van der Waals surface area contributed by atoms with Gasteiger partial charge in [0.05, 0.1) is 149 Å². The number of halogens is 15. The molecule has 0 saturated heterocycles. The molecule has 0 saturated carbocycles. The second-order valence-electron chi connectivity index (χ2n) is 41.8. The fourth-order valence-corrected chi connectivity index (χ4v) is 18.6. The van der Waals surface area contributed by atoms with Crippen molar-refractivity contribution in [3.05, 3.63) is 288 Å². The zero-order valence-corrected chi connectivity index (χ0v) is 103. The van der Waals surface area contributed by atoms with Crippen molar-refractivity contribution in [2.24, 2.45) is 59.2 Å². The molecule has 0 spiro atoms. The Morgan fingerprint density at radius 3 is 0.387 bits per heavy atom. The number of methoxy groups -OCH3 is 5. The van der Waals surface area contributed by atoms with Crippen LogP contribution in [0.5, 0.6) is 57.5 Å². The highest BCUT2D eigenvalue weighted by Gasteiger charge is 2.33. The van der Waals surface area contributed by atoms with E-state index in [0.717, 1.165) is 84.4 Å². The van der Waals surface area contributed by atoms with Gasteiger partial charge in [-0.1, -0.05) is 315 Å². The lowest BCUT2D eigenvalue weighted by molar-refractivity contribution is 0.127. The van der Waals surface area contributed by atoms with Crippen LogP contribution in [0.15, 0.2) is 182 Å². The van der Waals surface area contributed by atoms with Gasteiger partial charge in [-0.3, -0.25) is 0 Å². The number of rotatable bonds is 55. The minimum atomic E-state index is -0.295. The zero-order chi connectivity index (χ0) is 112. The molecule has 30 heteroatoms. The summed E-state index contributed by atoms with van der Waals surface area (Å²) < 4.78 is 84.0. The Kier molecular flexibility index (Phi) is 58.8. The van der Waals surface area contributed by atoms with E-state index in [0.29, 0.717) is 237 Å². The van der Waals surface area contributed by atoms with Gasteiger partial charge >= 0.3 is 0 Å². The van der Waals surface area contributed by atoms with Gasteiger partial charge in [-0.05, 0) is 177 Å². The average molecular weight is 2370 g/mol. The van der Waals surface area contributed by atoms with Gasteiger partial charge in [-0.2, -0.15) is 0 Å². The van der Waals surface area contributed by atoms with E-state index >= 15 is 0 Å². The highest BCUT2D eigenvalue weighted by Crippen LogP contribution is 2.48. The van der Waals surface area contributed by atoms with E-state index in [1.807, 2.05) is 156 Å². The summed E-state index contributed by atoms with van der Waals surface area (Å²) in [6, 6.07) is 59.9. The van der Waals surface area contributed by atoms with Crippen LogP contribution in [0, 0.1) is 59.2 Å². The van der Waals surface area contributed by atoms with Crippen LogP contribution < -0.4 is 47.4 Å². The molecule has 10 rings (SSSR count). The van der Waals surface area contributed by atoms with Crippen molar-refractivity contribution in [3.63, 3.8) is 0 Å². The lowest BCUT2D eigenvalue weighted by Gasteiger charge is -2.27. The Bertz CT molecular complexity index is 4710. The first kappa shape index (κ1) is 133. The van der Waals surface area contributed by atoms with Crippen LogP contribution in [-0.4, -0.2) is 164 Å². The summed E-state index contributed by atoms with van der Waals surface area (Å²) in [5.74, 6) is 12.1. The maximum absolute atomic E-state index is 6.50. The van der Waals surface area contributed by atoms with Crippen LogP contribution in [0.4, 0.5) is 0 Å². The van der Waals surface area contributed by atoms with E-state index in [9.17, 15) is 0 Å². The van der Waals surface area contributed by atoms with Gasteiger partial charge in [0, 0.05) is 151 Å². The maximum atomic E-state index is 6.50. The van der Waals surface area contributed by atoms with Crippen LogP contribution in [-0.2, 0) is 50.8 Å². The molecular weight excluding hydrogens is 2210 g/mol. The molecule has 0 aliphatic carbocycles. The number of benzene rings is 10. The Morgan fingerprint density at radius 2 is 0.280 bits per heavy atom. The number of ether oxygens (including phenoxy) is 15. The van der Waals surface area contributed by atoms with Crippen LogP contribution in [0.2, 0.25) is 50.2 Å². The van der Waals surface area contributed by atoms with Crippen molar-refractivity contribution >= 4 is 174 Å². The second-order valence-corrected chi connectivity index (χ2v) is 47.4. The van der Waals surface area contributed by atoms with Crippen molar-refractivity contribution in [1.82, 2.24) is 0 Å². The SMILES string of the molecule is COCC(C)COc1ccc(C(C)(C)c2cc(Cl)c(OCC(C)CCl)c(Cl)c2)cc1.COC[C@@H](C)COc1ccc(C(C)(C)c2cc(Cl)c(OC[C@@H](C)CCl)c(Cl)c2)cc1.COC[C@@H](C)COc1ccc(C(C)(C)c2cc(Cl)c(OC[C@H](C)CCl)c(Cl)c2)cc1.COC[C@H](C)COc1ccc(C(C)(C)c2cc(Cl)c(OC[C@@H](C)CCl)c(Cl)c2)cc1.COC[C@H](C)COc1ccc(C(C)(C)c2cc(Cl)c(OC[C@H](C)CCl)c(Cl)c2)cc1. The Hall–Kier alpha value is -5.65. The normalized spacial score (nSPS) is 13.7. The summed E-state index contributed by atoms with van der Waals surface area (Å²) >= 11 is 94.3. The minimum Gasteiger partial charge on any atom is -0.493 e. The summed E-state index contributed by atoms with van der Waals surface area (Å²) in [5.41, 5.74) is 9.26. The van der Waals surface area contributed by atoms with Crippen LogP contribution in [0.3, 0.4) is 0 Å². The lowest BCUT2D eigenvalue weighted by atomic mass is 9.78. The van der Waals surface area contributed by atoms with E-state index in [2.05, 4.69) is 165 Å². The van der Waals surface area contributed by atoms with E-state index in [4.69, 9.17) is 245 Å². The molecule has 0 aliphatic heterocycles. The molecule has 0 N–H and O–H groups in total. The standard InChI is InChI=1S/5C24H31Cl3O3/c5*1-16(12-25)14-30-23-21(26)10-19(11-22(23)27)24(3,4)18-6-8-20(9-7-18)29-15-17(2)13-28-5/h5*6-11,16-17H,12-15H2,1-5H3/t2*16-,17+;2*16-,17-;/m1010./s1. The molecule has 0 aromatic heterocycles. The predicted molar refractivity (Wildman–Crippen MR) is 635 cm³/mol. The largest absolute Gasteiger partial charge is 0.493 e. The highest BCUT2D eigenvalue weighted by molar-refractivity contribution is 6.40. The molecule has 0 radical (unpaired) electrons. The summed E-state index contributed by atoms with van der Waals surface area (Å²) in [6.07, 6.45) is 0. The summed E-state index contributed by atoms with van der Waals surface area (Å²) in [7, 11) is 8.50. The van der Waals surface area contributed by atoms with E-state index in [1.54, 1.807) is 35.5 Å². The first-order valence-corrected chi connectivity index (χ1v) is 56.9. The van der Waals surface area contributed by atoms with Crippen molar-refractivity contribution in [2.45, 2.75) is 166 Å². The highest BCUT2D eigenvalue weighted by atomic mass is 35.5. The molecule has 0 heterocycles. The van der Waals surface area contributed by atoms with E-state index in [-0.39, 0.29) is 56.7 Å². The smallest absolute Gasteiger partial charge is 0.156 e. The molecular formula is C120H155Cl15O15. The van der Waals surface area contributed by atoms with Gasteiger partial charge in [-0.15, -0.1) is 58.0 Å². The number of hydrogen-bond donors (Lipinski definition) is 0. The quantitative estimate of drug-likeness (QED) is 0.0334. The minimum absolute atomic E-state index is 0.216. The fraction of sp³-hybridized carbons (Fsp3) is 0.500. The lowest BCUT2D eigenvalue weighted by Crippen LogP contribution is -2.19. The van der Waals surface area contributed by atoms with E-state index < -0.39 is 0 Å². The Morgan fingerprint density at radius 1 is 0.167 bits per heavy atom. The number of hydrogen-bond acceptors (Lipinski definition) is 15. The topological polar surface area (TPSA) is 138 Å². The van der Waals surface area contributed by atoms with Gasteiger partial charge in [-0.25, -0.2) is 0 Å². The molecule has 15 nitrogen and oxygen atoms in total. The maximum Gasteiger partial charge on any atom is 0.156 e. The number of alkyl halides is 5. The third-order valence-electron chi connectivity index (χ3n) is 25.3. The van der Waals surface area contributed by atoms with Crippen LogP contribution in [0.1, 0.15) is 194 Å². The van der Waals surface area contributed by atoms with Crippen LogP contribution in [0.25, 0.3) is 0 Å². The van der Waals surface area contributed by atoms with Crippen molar-refractivity contribution < 1.29 is 71.1 Å². The molecule has 0 aliphatic rings. The van der Waals surface area contributed by atoms with Gasteiger partial charge in [0.15, 0.2) is 28.7 Å².